The lowest BCUT2D eigenvalue weighted by molar-refractivity contribution is 0.0429. The number of benzene rings is 1. The maximum atomic E-state index is 12.9. The number of rotatable bonds is 4. The van der Waals surface area contributed by atoms with Crippen LogP contribution in [0.4, 0.5) is 4.39 Å². The van der Waals surface area contributed by atoms with Crippen LogP contribution in [0, 0.1) is 5.82 Å². The first-order chi connectivity index (χ1) is 11.1. The van der Waals surface area contributed by atoms with E-state index in [0.717, 1.165) is 0 Å². The Hall–Kier alpha value is -2.80. The Morgan fingerprint density at radius 1 is 1.22 bits per heavy atom. The lowest BCUT2D eigenvalue weighted by Gasteiger charge is -2.01. The van der Waals surface area contributed by atoms with Crippen molar-refractivity contribution in [2.45, 2.75) is 6.61 Å². The zero-order valence-electron chi connectivity index (χ0n) is 11.6. The summed E-state index contributed by atoms with van der Waals surface area (Å²) in [4.78, 5) is 19.7. The summed E-state index contributed by atoms with van der Waals surface area (Å²) in [5.74, 6) is -0.539. The fourth-order valence-corrected chi connectivity index (χ4v) is 1.85. The van der Waals surface area contributed by atoms with E-state index in [1.807, 2.05) is 0 Å². The van der Waals surface area contributed by atoms with Gasteiger partial charge >= 0.3 is 5.97 Å². The van der Waals surface area contributed by atoms with Gasteiger partial charge in [0.25, 0.3) is 5.89 Å². The second kappa shape index (κ2) is 6.53. The SMILES string of the molecule is O=C(OCc1nc(-c2ccc(F)cc2)no1)c1ccc(Cl)nc1. The molecule has 0 unspecified atom stereocenters. The zero-order valence-corrected chi connectivity index (χ0v) is 12.3. The van der Waals surface area contributed by atoms with Crippen molar-refractivity contribution in [2.24, 2.45) is 0 Å². The summed E-state index contributed by atoms with van der Waals surface area (Å²) >= 11 is 5.64. The second-order valence-electron chi connectivity index (χ2n) is 4.46. The standard InChI is InChI=1S/C15H9ClFN3O3/c16-12-6-3-10(7-18-12)15(21)22-8-13-19-14(20-23-13)9-1-4-11(17)5-2-9/h1-7H,8H2. The minimum absolute atomic E-state index is 0.125. The highest BCUT2D eigenvalue weighted by atomic mass is 35.5. The molecule has 3 rings (SSSR count). The van der Waals surface area contributed by atoms with Gasteiger partial charge in [-0.3, -0.25) is 0 Å². The van der Waals surface area contributed by atoms with Crippen LogP contribution in [0.2, 0.25) is 5.15 Å². The largest absolute Gasteiger partial charge is 0.452 e. The van der Waals surface area contributed by atoms with Gasteiger partial charge in [-0.25, -0.2) is 14.2 Å². The van der Waals surface area contributed by atoms with Crippen LogP contribution < -0.4 is 0 Å². The van der Waals surface area contributed by atoms with Gasteiger partial charge in [0.05, 0.1) is 5.56 Å². The van der Waals surface area contributed by atoms with Crippen LogP contribution in [-0.2, 0) is 11.3 Å². The summed E-state index contributed by atoms with van der Waals surface area (Å²) in [6.45, 7) is -0.185. The van der Waals surface area contributed by atoms with Crippen LogP contribution in [0.5, 0.6) is 0 Å². The molecule has 0 saturated carbocycles. The molecule has 0 fully saturated rings. The summed E-state index contributed by atoms with van der Waals surface area (Å²) < 4.78 is 22.9. The lowest BCUT2D eigenvalue weighted by atomic mass is 10.2. The summed E-state index contributed by atoms with van der Waals surface area (Å²) in [5, 5.41) is 4.03. The smallest absolute Gasteiger partial charge is 0.340 e. The molecular formula is C15H9ClFN3O3. The van der Waals surface area contributed by atoms with Gasteiger partial charge in [0, 0.05) is 11.8 Å². The maximum absolute atomic E-state index is 12.9. The van der Waals surface area contributed by atoms with Crippen LogP contribution in [0.3, 0.4) is 0 Å². The van der Waals surface area contributed by atoms with E-state index in [-0.39, 0.29) is 34.9 Å². The van der Waals surface area contributed by atoms with E-state index >= 15 is 0 Å². The molecule has 116 valence electrons. The first kappa shape index (κ1) is 15.1. The Morgan fingerprint density at radius 2 is 2.00 bits per heavy atom. The van der Waals surface area contributed by atoms with Crippen LogP contribution in [0.25, 0.3) is 11.4 Å². The quantitative estimate of drug-likeness (QED) is 0.538. The third kappa shape index (κ3) is 3.70. The number of aromatic nitrogens is 3. The number of carbonyl (C=O) groups is 1. The summed E-state index contributed by atoms with van der Waals surface area (Å²) in [6.07, 6.45) is 1.31. The third-order valence-electron chi connectivity index (χ3n) is 2.86. The minimum atomic E-state index is -0.587. The van der Waals surface area contributed by atoms with Gasteiger partial charge in [0.1, 0.15) is 11.0 Å². The van der Waals surface area contributed by atoms with Gasteiger partial charge in [0.15, 0.2) is 6.61 Å². The van der Waals surface area contributed by atoms with Crippen LogP contribution >= 0.6 is 11.6 Å². The fourth-order valence-electron chi connectivity index (χ4n) is 1.74. The molecule has 0 aliphatic rings. The Bertz CT molecular complexity index is 819. The van der Waals surface area contributed by atoms with E-state index in [4.69, 9.17) is 20.9 Å². The van der Waals surface area contributed by atoms with Crippen molar-refractivity contribution in [3.05, 3.63) is 65.0 Å². The molecular weight excluding hydrogens is 325 g/mol. The molecule has 6 nitrogen and oxygen atoms in total. The number of halogens is 2. The number of pyridine rings is 1. The number of nitrogens with zero attached hydrogens (tertiary/aromatic N) is 3. The Labute approximate surface area is 134 Å². The van der Waals surface area contributed by atoms with Gasteiger partial charge in [-0.2, -0.15) is 4.98 Å². The van der Waals surface area contributed by atoms with Gasteiger partial charge < -0.3 is 9.26 Å². The van der Waals surface area contributed by atoms with E-state index < -0.39 is 5.97 Å². The molecule has 0 atom stereocenters. The number of esters is 1. The molecule has 0 radical (unpaired) electrons. The second-order valence-corrected chi connectivity index (χ2v) is 4.85. The summed E-state index contributed by atoms with van der Waals surface area (Å²) in [6, 6.07) is 8.61. The van der Waals surface area contributed by atoms with Crippen LogP contribution in [-0.4, -0.2) is 21.1 Å². The highest BCUT2D eigenvalue weighted by Gasteiger charge is 2.13. The topological polar surface area (TPSA) is 78.1 Å². The van der Waals surface area contributed by atoms with Crippen LogP contribution in [0.1, 0.15) is 16.2 Å². The van der Waals surface area contributed by atoms with Crippen molar-refractivity contribution >= 4 is 17.6 Å². The summed E-state index contributed by atoms with van der Waals surface area (Å²) in [7, 11) is 0. The molecule has 0 saturated heterocycles. The molecule has 8 heteroatoms. The van der Waals surface area contributed by atoms with Crippen molar-refractivity contribution in [3.63, 3.8) is 0 Å². The van der Waals surface area contributed by atoms with Crippen molar-refractivity contribution in [2.75, 3.05) is 0 Å². The molecule has 0 aliphatic heterocycles. The van der Waals surface area contributed by atoms with E-state index in [2.05, 4.69) is 15.1 Å². The average Bonchev–Trinajstić information content (AvgIpc) is 3.03. The maximum Gasteiger partial charge on any atom is 0.340 e. The molecule has 0 N–H and O–H groups in total. The van der Waals surface area contributed by atoms with Crippen molar-refractivity contribution in [3.8, 4) is 11.4 Å². The average molecular weight is 334 g/mol. The monoisotopic (exact) mass is 333 g/mol. The predicted molar refractivity (Wildman–Crippen MR) is 78.1 cm³/mol. The van der Waals surface area contributed by atoms with Crippen molar-refractivity contribution in [1.82, 2.24) is 15.1 Å². The van der Waals surface area contributed by atoms with Crippen LogP contribution in [0.15, 0.2) is 47.1 Å². The molecule has 0 amide bonds. The van der Waals surface area contributed by atoms with Gasteiger partial charge in [0.2, 0.25) is 5.82 Å². The number of carbonyl (C=O) groups excluding carboxylic acids is 1. The molecule has 3 aromatic rings. The van der Waals surface area contributed by atoms with Crippen molar-refractivity contribution in [1.29, 1.82) is 0 Å². The number of hydrogen-bond donors (Lipinski definition) is 0. The molecule has 2 aromatic heterocycles. The molecule has 23 heavy (non-hydrogen) atoms. The summed E-state index contributed by atoms with van der Waals surface area (Å²) in [5.41, 5.74) is 0.849. The first-order valence-electron chi connectivity index (χ1n) is 6.49. The molecule has 2 heterocycles. The molecule has 1 aromatic carbocycles. The van der Waals surface area contributed by atoms with Gasteiger partial charge in [-0.1, -0.05) is 16.8 Å². The number of ether oxygens (including phenoxy) is 1. The predicted octanol–water partition coefficient (Wildman–Crippen LogP) is 3.28. The Kier molecular flexibility index (Phi) is 4.29. The van der Waals surface area contributed by atoms with E-state index in [9.17, 15) is 9.18 Å². The lowest BCUT2D eigenvalue weighted by Crippen LogP contribution is -2.05. The molecule has 0 spiro atoms. The van der Waals surface area contributed by atoms with E-state index in [1.165, 1.54) is 42.6 Å². The van der Waals surface area contributed by atoms with E-state index in [1.54, 1.807) is 0 Å². The minimum Gasteiger partial charge on any atom is -0.452 e. The Morgan fingerprint density at radius 3 is 2.70 bits per heavy atom. The van der Waals surface area contributed by atoms with Crippen molar-refractivity contribution < 1.29 is 18.4 Å². The highest BCUT2D eigenvalue weighted by Crippen LogP contribution is 2.16. The zero-order chi connectivity index (χ0) is 16.2. The fraction of sp³-hybridized carbons (Fsp3) is 0.0667. The molecule has 0 aliphatic carbocycles. The van der Waals surface area contributed by atoms with E-state index in [0.29, 0.717) is 5.56 Å². The Balaban J connectivity index is 1.64. The normalized spacial score (nSPS) is 10.5. The first-order valence-corrected chi connectivity index (χ1v) is 6.87. The highest BCUT2D eigenvalue weighted by molar-refractivity contribution is 6.29. The van der Waals surface area contributed by atoms with Gasteiger partial charge in [-0.15, -0.1) is 0 Å². The number of hydrogen-bond acceptors (Lipinski definition) is 6. The van der Waals surface area contributed by atoms with Gasteiger partial charge in [-0.05, 0) is 36.4 Å². The molecule has 0 bridgehead atoms. The third-order valence-corrected chi connectivity index (χ3v) is 3.08.